The zero-order valence-electron chi connectivity index (χ0n) is 22.3. The van der Waals surface area contributed by atoms with Gasteiger partial charge in [0, 0.05) is 24.6 Å². The Hall–Kier alpha value is -3.54. The number of carbonyl (C=O) groups excluding carboxylic acids is 4. The van der Waals surface area contributed by atoms with Gasteiger partial charge in [-0.25, -0.2) is 4.79 Å². The van der Waals surface area contributed by atoms with Crippen LogP contribution in [0.15, 0.2) is 24.3 Å². The van der Waals surface area contributed by atoms with E-state index in [0.717, 1.165) is 19.3 Å². The number of hydrogen-bond acceptors (Lipinski definition) is 5. The van der Waals surface area contributed by atoms with Crippen molar-refractivity contribution in [2.24, 2.45) is 5.73 Å². The van der Waals surface area contributed by atoms with Gasteiger partial charge in [0.1, 0.15) is 17.7 Å². The first kappa shape index (κ1) is 29.7. The van der Waals surface area contributed by atoms with Crippen molar-refractivity contribution in [1.29, 1.82) is 0 Å². The van der Waals surface area contributed by atoms with Crippen LogP contribution in [0.3, 0.4) is 0 Å². The molecule has 9 heteroatoms. The predicted octanol–water partition coefficient (Wildman–Crippen LogP) is 3.17. The van der Waals surface area contributed by atoms with E-state index in [1.807, 2.05) is 6.92 Å². The fourth-order valence-electron chi connectivity index (χ4n) is 4.13. The monoisotopic (exact) mass is 512 g/mol. The van der Waals surface area contributed by atoms with E-state index < -0.39 is 35.6 Å². The average Bonchev–Trinajstić information content (AvgIpc) is 2.78. The molecule has 0 radical (unpaired) electrons. The Morgan fingerprint density at radius 1 is 1.22 bits per heavy atom. The Balaban J connectivity index is 2.51. The lowest BCUT2D eigenvalue weighted by atomic mass is 9.87. The number of unbranched alkanes of at least 4 members (excludes halogenated alkanes) is 1. The van der Waals surface area contributed by atoms with Crippen LogP contribution in [0, 0.1) is 12.3 Å². The fourth-order valence-corrected chi connectivity index (χ4v) is 4.13. The number of ether oxygens (including phenoxy) is 1. The summed E-state index contributed by atoms with van der Waals surface area (Å²) in [5.41, 5.74) is 5.60. The second-order valence-corrected chi connectivity index (χ2v) is 10.3. The van der Waals surface area contributed by atoms with E-state index in [4.69, 9.17) is 16.9 Å². The van der Waals surface area contributed by atoms with Gasteiger partial charge >= 0.3 is 6.09 Å². The van der Waals surface area contributed by atoms with Gasteiger partial charge < -0.3 is 26.0 Å². The molecule has 1 fully saturated rings. The number of nitrogens with one attached hydrogen (secondary N) is 2. The van der Waals surface area contributed by atoms with Crippen molar-refractivity contribution in [3.63, 3.8) is 0 Å². The topological polar surface area (TPSA) is 131 Å². The largest absolute Gasteiger partial charge is 0.444 e. The maximum absolute atomic E-state index is 14.1. The molecule has 1 saturated carbocycles. The number of nitrogens with zero attached hydrogens (tertiary/aromatic N) is 1. The Bertz CT molecular complexity index is 1010. The third-order valence-corrected chi connectivity index (χ3v) is 6.16. The van der Waals surface area contributed by atoms with Gasteiger partial charge in [-0.2, -0.15) is 0 Å². The molecule has 2 rings (SSSR count). The number of hydrogen-bond donors (Lipinski definition) is 3. The lowest BCUT2D eigenvalue weighted by molar-refractivity contribution is -0.147. The van der Waals surface area contributed by atoms with E-state index in [-0.39, 0.29) is 24.8 Å². The molecule has 1 aliphatic rings. The number of carbonyl (C=O) groups is 4. The summed E-state index contributed by atoms with van der Waals surface area (Å²) in [7, 11) is 0. The maximum Gasteiger partial charge on any atom is 0.408 e. The van der Waals surface area contributed by atoms with Gasteiger partial charge in [0.05, 0.1) is 0 Å². The van der Waals surface area contributed by atoms with Gasteiger partial charge in [-0.15, -0.1) is 6.42 Å². The number of nitrogens with two attached hydrogens (primary N) is 1. The SMILES string of the molecule is C#Cc1ccccc1C(C(=O)NCCCC)N(C(=O)C(CCC(N)=O)NC(=O)OC(C)(C)C)C1CCC1. The van der Waals surface area contributed by atoms with Crippen molar-refractivity contribution in [2.45, 2.75) is 96.4 Å². The highest BCUT2D eigenvalue weighted by Gasteiger charge is 2.42. The Kier molecular flexibility index (Phi) is 11.0. The van der Waals surface area contributed by atoms with E-state index >= 15 is 0 Å². The highest BCUT2D eigenvalue weighted by atomic mass is 16.6. The number of terminal acetylenes is 1. The molecule has 1 aromatic carbocycles. The van der Waals surface area contributed by atoms with Crippen LogP contribution < -0.4 is 16.4 Å². The van der Waals surface area contributed by atoms with Crippen LogP contribution in [-0.4, -0.2) is 52.9 Å². The van der Waals surface area contributed by atoms with Crippen molar-refractivity contribution in [1.82, 2.24) is 15.5 Å². The normalized spacial score (nSPS) is 14.9. The molecule has 2 atom stereocenters. The molecule has 4 N–H and O–H groups in total. The van der Waals surface area contributed by atoms with Gasteiger partial charge in [0.15, 0.2) is 0 Å². The number of amides is 4. The summed E-state index contributed by atoms with van der Waals surface area (Å²) in [5.74, 6) is 1.19. The summed E-state index contributed by atoms with van der Waals surface area (Å²) in [4.78, 5) is 53.4. The summed E-state index contributed by atoms with van der Waals surface area (Å²) in [6.45, 7) is 7.61. The van der Waals surface area contributed by atoms with Crippen molar-refractivity contribution < 1.29 is 23.9 Å². The molecule has 0 saturated heterocycles. The molecule has 0 heterocycles. The van der Waals surface area contributed by atoms with Crippen LogP contribution in [0.4, 0.5) is 4.79 Å². The third-order valence-electron chi connectivity index (χ3n) is 6.16. The van der Waals surface area contributed by atoms with Gasteiger partial charge in [0.2, 0.25) is 17.7 Å². The minimum Gasteiger partial charge on any atom is -0.444 e. The minimum atomic E-state index is -1.12. The maximum atomic E-state index is 14.1. The van der Waals surface area contributed by atoms with E-state index in [0.29, 0.717) is 30.5 Å². The average molecular weight is 513 g/mol. The molecule has 0 aromatic heterocycles. The van der Waals surface area contributed by atoms with Crippen LogP contribution >= 0.6 is 0 Å². The van der Waals surface area contributed by atoms with E-state index in [1.165, 1.54) is 4.90 Å². The Morgan fingerprint density at radius 3 is 2.43 bits per heavy atom. The zero-order chi connectivity index (χ0) is 27.6. The quantitative estimate of drug-likeness (QED) is 0.292. The molecule has 2 unspecified atom stereocenters. The standard InChI is InChI=1S/C28H40N4O5/c1-6-8-18-30-25(34)24(21-15-10-9-12-19(21)7-2)32(20-13-11-14-20)26(35)22(16-17-23(29)33)31-27(36)37-28(3,4)5/h2,9-10,12,15,20,22,24H,6,8,11,13-14,16-18H2,1,3-5H3,(H2,29,33)(H,30,34)(H,31,36). The molecule has 37 heavy (non-hydrogen) atoms. The van der Waals surface area contributed by atoms with Gasteiger partial charge in [-0.3, -0.25) is 14.4 Å². The fraction of sp³-hybridized carbons (Fsp3) is 0.571. The first-order chi connectivity index (χ1) is 17.5. The molecular weight excluding hydrogens is 472 g/mol. The summed E-state index contributed by atoms with van der Waals surface area (Å²) >= 11 is 0. The van der Waals surface area contributed by atoms with Crippen LogP contribution in [0.25, 0.3) is 0 Å². The molecule has 0 aliphatic heterocycles. The first-order valence-electron chi connectivity index (χ1n) is 12.9. The van der Waals surface area contributed by atoms with Gasteiger partial charge in [-0.05, 0) is 64.5 Å². The van der Waals surface area contributed by atoms with Crippen molar-refractivity contribution in [2.75, 3.05) is 6.54 Å². The minimum absolute atomic E-state index is 0.0302. The van der Waals surface area contributed by atoms with E-state index in [2.05, 4.69) is 16.6 Å². The van der Waals surface area contributed by atoms with Crippen LogP contribution in [0.5, 0.6) is 0 Å². The number of rotatable bonds is 12. The summed E-state index contributed by atoms with van der Waals surface area (Å²) in [6.07, 6.45) is 8.81. The molecule has 1 aromatic rings. The van der Waals surface area contributed by atoms with Gasteiger partial charge in [-0.1, -0.05) is 37.5 Å². The number of benzene rings is 1. The van der Waals surface area contributed by atoms with Crippen molar-refractivity contribution in [3.05, 3.63) is 35.4 Å². The van der Waals surface area contributed by atoms with E-state index in [9.17, 15) is 19.2 Å². The molecule has 0 spiro atoms. The molecule has 0 bridgehead atoms. The number of primary amides is 1. The van der Waals surface area contributed by atoms with Crippen molar-refractivity contribution in [3.8, 4) is 12.3 Å². The van der Waals surface area contributed by atoms with Crippen LogP contribution in [0.2, 0.25) is 0 Å². The van der Waals surface area contributed by atoms with Crippen molar-refractivity contribution >= 4 is 23.8 Å². The third kappa shape index (κ3) is 8.81. The molecule has 4 amide bonds. The van der Waals surface area contributed by atoms with Crippen LogP contribution in [0.1, 0.15) is 89.8 Å². The Morgan fingerprint density at radius 2 is 1.89 bits per heavy atom. The van der Waals surface area contributed by atoms with Crippen LogP contribution in [-0.2, 0) is 19.1 Å². The first-order valence-corrected chi connectivity index (χ1v) is 12.9. The second-order valence-electron chi connectivity index (χ2n) is 10.3. The predicted molar refractivity (Wildman–Crippen MR) is 141 cm³/mol. The lowest BCUT2D eigenvalue weighted by Crippen LogP contribution is -2.57. The molecule has 9 nitrogen and oxygen atoms in total. The molecule has 1 aliphatic carbocycles. The molecular formula is C28H40N4O5. The highest BCUT2D eigenvalue weighted by molar-refractivity contribution is 5.93. The van der Waals surface area contributed by atoms with E-state index in [1.54, 1.807) is 45.0 Å². The Labute approximate surface area is 219 Å². The zero-order valence-corrected chi connectivity index (χ0v) is 22.3. The number of alkyl carbamates (subject to hydrolysis) is 1. The van der Waals surface area contributed by atoms with Gasteiger partial charge in [0.25, 0.3) is 0 Å². The smallest absolute Gasteiger partial charge is 0.408 e. The summed E-state index contributed by atoms with van der Waals surface area (Å²) in [5, 5.41) is 5.55. The lowest BCUT2D eigenvalue weighted by Gasteiger charge is -2.43. The summed E-state index contributed by atoms with van der Waals surface area (Å²) < 4.78 is 5.36. The highest BCUT2D eigenvalue weighted by Crippen LogP contribution is 2.35. The summed E-state index contributed by atoms with van der Waals surface area (Å²) in [6, 6.07) is 4.68. The molecule has 202 valence electrons. The second kappa shape index (κ2) is 13.7.